The van der Waals surface area contributed by atoms with E-state index in [-0.39, 0.29) is 27.5 Å². The number of allylic oxidation sites excluding steroid dienone is 1. The zero-order chi connectivity index (χ0) is 31.2. The SMILES string of the molecule is COc1ccc(Cl)c(S(=O)(=O)Nc2ccc(-c3nn(C(C)C)c4c(C5=CC[C@H](NC6COC6)CC5)cnc(N)c34)cc2F)c1. The molecule has 13 heteroatoms. The third-order valence-corrected chi connectivity index (χ3v) is 9.87. The van der Waals surface area contributed by atoms with E-state index in [1.54, 1.807) is 12.3 Å². The first-order valence-electron chi connectivity index (χ1n) is 14.4. The van der Waals surface area contributed by atoms with Gasteiger partial charge in [0.1, 0.15) is 28.0 Å². The van der Waals surface area contributed by atoms with Crippen LogP contribution in [0.3, 0.4) is 0 Å². The number of hydrogen-bond acceptors (Lipinski definition) is 8. The van der Waals surface area contributed by atoms with Gasteiger partial charge in [0.15, 0.2) is 0 Å². The Kier molecular flexibility index (Phi) is 8.27. The molecule has 10 nitrogen and oxygen atoms in total. The van der Waals surface area contributed by atoms with Crippen molar-refractivity contribution in [1.29, 1.82) is 0 Å². The first kappa shape index (κ1) is 30.3. The summed E-state index contributed by atoms with van der Waals surface area (Å²) >= 11 is 6.14. The van der Waals surface area contributed by atoms with Gasteiger partial charge in [-0.25, -0.2) is 17.8 Å². The van der Waals surface area contributed by atoms with Crippen molar-refractivity contribution < 1.29 is 22.3 Å². The average Bonchev–Trinajstić information content (AvgIpc) is 3.39. The van der Waals surface area contributed by atoms with Crippen LogP contribution in [0.25, 0.3) is 27.7 Å². The lowest BCUT2D eigenvalue weighted by Gasteiger charge is -2.33. The number of nitrogens with one attached hydrogen (secondary N) is 2. The molecule has 2 aliphatic rings. The van der Waals surface area contributed by atoms with Crippen LogP contribution in [0.4, 0.5) is 15.9 Å². The lowest BCUT2D eigenvalue weighted by atomic mass is 9.89. The van der Waals surface area contributed by atoms with Crippen LogP contribution in [0, 0.1) is 5.82 Å². The third-order valence-electron chi connectivity index (χ3n) is 8.02. The lowest BCUT2D eigenvalue weighted by molar-refractivity contribution is -0.0103. The van der Waals surface area contributed by atoms with Crippen molar-refractivity contribution in [3.8, 4) is 17.0 Å². The number of nitrogens with zero attached hydrogens (tertiary/aromatic N) is 3. The summed E-state index contributed by atoms with van der Waals surface area (Å²) in [6, 6.07) is 9.21. The summed E-state index contributed by atoms with van der Waals surface area (Å²) in [6.45, 7) is 5.56. The molecule has 1 fully saturated rings. The van der Waals surface area contributed by atoms with Crippen LogP contribution < -0.4 is 20.5 Å². The Balaban J connectivity index is 1.35. The van der Waals surface area contributed by atoms with Crippen LogP contribution in [0.2, 0.25) is 5.02 Å². The molecule has 0 unspecified atom stereocenters. The summed E-state index contributed by atoms with van der Waals surface area (Å²) in [6.07, 6.45) is 6.79. The number of hydrogen-bond donors (Lipinski definition) is 3. The Hall–Kier alpha value is -3.71. The summed E-state index contributed by atoms with van der Waals surface area (Å²) in [5.74, 6) is -0.206. The van der Waals surface area contributed by atoms with Gasteiger partial charge in [0.25, 0.3) is 10.0 Å². The summed E-state index contributed by atoms with van der Waals surface area (Å²) in [5.41, 5.74) is 10.1. The second-order valence-corrected chi connectivity index (χ2v) is 13.4. The van der Waals surface area contributed by atoms with Crippen LogP contribution in [-0.2, 0) is 14.8 Å². The Morgan fingerprint density at radius 2 is 1.98 bits per heavy atom. The molecule has 44 heavy (non-hydrogen) atoms. The van der Waals surface area contributed by atoms with Gasteiger partial charge in [0.05, 0.1) is 48.0 Å². The van der Waals surface area contributed by atoms with Crippen molar-refractivity contribution in [2.75, 3.05) is 30.8 Å². The van der Waals surface area contributed by atoms with Crippen LogP contribution in [0.15, 0.2) is 53.6 Å². The molecule has 2 aromatic carbocycles. The monoisotopic (exact) mass is 640 g/mol. The van der Waals surface area contributed by atoms with Crippen LogP contribution >= 0.6 is 11.6 Å². The summed E-state index contributed by atoms with van der Waals surface area (Å²) in [4.78, 5) is 4.29. The number of nitrogen functional groups attached to an aromatic ring is 1. The van der Waals surface area contributed by atoms with E-state index in [0.29, 0.717) is 34.5 Å². The fourth-order valence-electron chi connectivity index (χ4n) is 5.66. The standard InChI is InChI=1S/C31H34ClFN6O4S/c1-17(2)39-30-23(18-4-7-20(8-5-18)36-21-15-43-16-21)14-35-31(34)28(30)29(37-39)19-6-11-26(25(33)12-19)38-44(40,41)27-13-22(42-3)9-10-24(27)32/h4,6,9-14,17,20-21,36,38H,5,7-8,15-16H2,1-3H3,(H2,34,35)/t20-/m0/s1. The lowest BCUT2D eigenvalue weighted by Crippen LogP contribution is -2.50. The van der Waals surface area contributed by atoms with Gasteiger partial charge in [-0.1, -0.05) is 23.7 Å². The molecule has 0 amide bonds. The topological polar surface area (TPSA) is 133 Å². The molecule has 1 atom stereocenters. The van der Waals surface area contributed by atoms with E-state index >= 15 is 4.39 Å². The van der Waals surface area contributed by atoms with Gasteiger partial charge in [0.2, 0.25) is 0 Å². The molecule has 1 aliphatic carbocycles. The van der Waals surface area contributed by atoms with E-state index < -0.39 is 15.8 Å². The van der Waals surface area contributed by atoms with E-state index in [0.717, 1.165) is 43.6 Å². The molecule has 1 aliphatic heterocycles. The van der Waals surface area contributed by atoms with E-state index in [1.165, 1.54) is 43.0 Å². The largest absolute Gasteiger partial charge is 0.497 e. The van der Waals surface area contributed by atoms with Crippen molar-refractivity contribution in [2.45, 2.75) is 56.1 Å². The number of fused-ring (bicyclic) bond motifs is 1. The third kappa shape index (κ3) is 5.74. The molecule has 0 spiro atoms. The fourth-order valence-corrected chi connectivity index (χ4v) is 7.25. The molecular weight excluding hydrogens is 607 g/mol. The van der Waals surface area contributed by atoms with Gasteiger partial charge in [-0.15, -0.1) is 0 Å². The number of methoxy groups -OCH3 is 1. The molecule has 1 saturated heterocycles. The maximum atomic E-state index is 15.5. The van der Waals surface area contributed by atoms with Crippen molar-refractivity contribution in [3.63, 3.8) is 0 Å². The molecule has 6 rings (SSSR count). The second-order valence-electron chi connectivity index (χ2n) is 11.4. The predicted molar refractivity (Wildman–Crippen MR) is 170 cm³/mol. The van der Waals surface area contributed by atoms with E-state index in [1.807, 2.05) is 18.5 Å². The zero-order valence-electron chi connectivity index (χ0n) is 24.6. The van der Waals surface area contributed by atoms with E-state index in [9.17, 15) is 8.42 Å². The number of anilines is 2. The van der Waals surface area contributed by atoms with Crippen LogP contribution in [-0.4, -0.2) is 55.6 Å². The first-order chi connectivity index (χ1) is 21.1. The number of nitrogens with two attached hydrogens (primary N) is 1. The van der Waals surface area contributed by atoms with Gasteiger partial charge < -0.3 is 20.5 Å². The Morgan fingerprint density at radius 1 is 1.18 bits per heavy atom. The van der Waals surface area contributed by atoms with Crippen LogP contribution in [0.1, 0.15) is 44.7 Å². The number of sulfonamides is 1. The highest BCUT2D eigenvalue weighted by Gasteiger charge is 2.27. The number of halogens is 2. The van der Waals surface area contributed by atoms with Gasteiger partial charge in [-0.3, -0.25) is 9.40 Å². The minimum absolute atomic E-state index is 0.0207. The molecule has 3 heterocycles. The number of aromatic nitrogens is 3. The summed E-state index contributed by atoms with van der Waals surface area (Å²) in [7, 11) is -2.81. The molecule has 232 valence electrons. The van der Waals surface area contributed by atoms with Crippen molar-refractivity contribution in [3.05, 3.63) is 65.1 Å². The van der Waals surface area contributed by atoms with Crippen molar-refractivity contribution in [2.24, 2.45) is 0 Å². The minimum Gasteiger partial charge on any atom is -0.497 e. The van der Waals surface area contributed by atoms with Gasteiger partial charge in [-0.05, 0) is 62.9 Å². The molecular formula is C31H34ClFN6O4S. The molecule has 4 aromatic rings. The fraction of sp³-hybridized carbons (Fsp3) is 0.355. The molecule has 0 bridgehead atoms. The maximum Gasteiger partial charge on any atom is 0.263 e. The van der Waals surface area contributed by atoms with Crippen molar-refractivity contribution >= 4 is 49.6 Å². The van der Waals surface area contributed by atoms with Gasteiger partial charge in [0, 0.05) is 35.5 Å². The highest BCUT2D eigenvalue weighted by atomic mass is 35.5. The molecule has 0 radical (unpaired) electrons. The molecule has 0 saturated carbocycles. The minimum atomic E-state index is -4.22. The zero-order valence-corrected chi connectivity index (χ0v) is 26.2. The average molecular weight is 641 g/mol. The van der Waals surface area contributed by atoms with E-state index in [4.69, 9.17) is 31.9 Å². The number of pyridine rings is 1. The normalized spacial score (nSPS) is 17.5. The summed E-state index contributed by atoms with van der Waals surface area (Å²) < 4.78 is 56.3. The smallest absolute Gasteiger partial charge is 0.263 e. The maximum absolute atomic E-state index is 15.5. The predicted octanol–water partition coefficient (Wildman–Crippen LogP) is 5.79. The number of benzene rings is 2. The highest BCUT2D eigenvalue weighted by molar-refractivity contribution is 7.92. The van der Waals surface area contributed by atoms with Gasteiger partial charge >= 0.3 is 0 Å². The first-order valence-corrected chi connectivity index (χ1v) is 16.3. The van der Waals surface area contributed by atoms with Crippen molar-refractivity contribution in [1.82, 2.24) is 20.1 Å². The van der Waals surface area contributed by atoms with Gasteiger partial charge in [-0.2, -0.15) is 5.10 Å². The van der Waals surface area contributed by atoms with E-state index in [2.05, 4.69) is 21.1 Å². The highest BCUT2D eigenvalue weighted by Crippen LogP contribution is 2.40. The van der Waals surface area contributed by atoms with Crippen LogP contribution in [0.5, 0.6) is 5.75 Å². The molecule has 4 N–H and O–H groups in total. The number of ether oxygens (including phenoxy) is 2. The second kappa shape index (κ2) is 12.0. The Bertz CT molecular complexity index is 1870. The molecule has 2 aromatic heterocycles. The Labute approximate surface area is 260 Å². The quantitative estimate of drug-likeness (QED) is 0.209. The summed E-state index contributed by atoms with van der Waals surface area (Å²) in [5, 5.41) is 9.14. The Morgan fingerprint density at radius 3 is 2.61 bits per heavy atom. The number of rotatable bonds is 9.